The van der Waals surface area contributed by atoms with Crippen LogP contribution in [0.25, 0.3) is 0 Å². The number of rotatable bonds is 4. The van der Waals surface area contributed by atoms with Gasteiger partial charge in [0.15, 0.2) is 0 Å². The van der Waals surface area contributed by atoms with Gasteiger partial charge in [-0.3, -0.25) is 14.5 Å². The number of amides is 2. The monoisotopic (exact) mass is 599 g/mol. The molecule has 3 heterocycles. The van der Waals surface area contributed by atoms with Crippen LogP contribution in [0.4, 0.5) is 19.4 Å². The molecule has 2 amide bonds. The molecule has 2 aromatic carbocycles. The fourth-order valence-corrected chi connectivity index (χ4v) is 6.09. The van der Waals surface area contributed by atoms with Crippen molar-refractivity contribution in [1.29, 1.82) is 0 Å². The Hall–Kier alpha value is -3.99. The summed E-state index contributed by atoms with van der Waals surface area (Å²) in [5.41, 5.74) is 0.889. The summed E-state index contributed by atoms with van der Waals surface area (Å²) >= 11 is 6.07. The molecule has 9 nitrogen and oxygen atoms in total. The van der Waals surface area contributed by atoms with Gasteiger partial charge in [0.2, 0.25) is 5.91 Å². The summed E-state index contributed by atoms with van der Waals surface area (Å²) in [6, 6.07) is 13.4. The molecular formula is C30H32ClF2N5O4. The molecule has 0 aliphatic carbocycles. The number of methoxy groups -OCH3 is 1. The molecule has 5 rings (SSSR count). The van der Waals surface area contributed by atoms with Crippen LogP contribution < -0.4 is 10.5 Å². The minimum absolute atomic E-state index is 0.189. The van der Waals surface area contributed by atoms with Gasteiger partial charge in [-0.15, -0.1) is 0 Å². The second-order valence-electron chi connectivity index (χ2n) is 10.6. The number of carbonyl (C=O) groups is 2. The van der Waals surface area contributed by atoms with Gasteiger partial charge in [-0.2, -0.15) is 5.10 Å². The van der Waals surface area contributed by atoms with E-state index in [1.807, 2.05) is 17.0 Å². The first kappa shape index (κ1) is 29.5. The van der Waals surface area contributed by atoms with Crippen LogP contribution in [0.3, 0.4) is 0 Å². The van der Waals surface area contributed by atoms with E-state index in [-0.39, 0.29) is 49.3 Å². The smallest absolute Gasteiger partial charge is 0.410 e. The molecule has 3 aromatic rings. The van der Waals surface area contributed by atoms with Crippen LogP contribution >= 0.6 is 11.6 Å². The van der Waals surface area contributed by atoms with Crippen molar-refractivity contribution in [3.05, 3.63) is 92.7 Å². The highest BCUT2D eigenvalue weighted by Gasteiger charge is 2.42. The van der Waals surface area contributed by atoms with Gasteiger partial charge in [0.25, 0.3) is 5.56 Å². The first-order valence-corrected chi connectivity index (χ1v) is 14.2. The second kappa shape index (κ2) is 12.5. The third-order valence-electron chi connectivity index (χ3n) is 8.14. The van der Waals surface area contributed by atoms with E-state index in [1.54, 1.807) is 28.0 Å². The quantitative estimate of drug-likeness (QED) is 0.443. The zero-order valence-electron chi connectivity index (χ0n) is 23.4. The van der Waals surface area contributed by atoms with E-state index in [2.05, 4.69) is 5.10 Å². The Morgan fingerprint density at radius 2 is 1.76 bits per heavy atom. The van der Waals surface area contributed by atoms with Crippen LogP contribution in [0.2, 0.25) is 5.02 Å². The van der Waals surface area contributed by atoms with Crippen molar-refractivity contribution in [1.82, 2.24) is 19.6 Å². The molecule has 2 aliphatic rings. The average Bonchev–Trinajstić information content (AvgIpc) is 3.40. The molecule has 0 saturated carbocycles. The number of benzene rings is 2. The van der Waals surface area contributed by atoms with Crippen molar-refractivity contribution in [3.63, 3.8) is 0 Å². The SMILES string of the molecule is COC(=O)N1CCN(C(=O)C2CN(c3ccc(=O)n(C)n3)CC2c2ccc(F)cc2F)CCCC1c1ccc(Cl)cc1. The molecule has 0 N–H and O–H groups in total. The number of hydrogen-bond acceptors (Lipinski definition) is 6. The molecule has 0 spiro atoms. The van der Waals surface area contributed by atoms with Crippen molar-refractivity contribution in [2.45, 2.75) is 24.8 Å². The number of aryl methyl sites for hydroxylation is 1. The third kappa shape index (κ3) is 6.11. The van der Waals surface area contributed by atoms with E-state index in [9.17, 15) is 18.8 Å². The maximum absolute atomic E-state index is 15.0. The van der Waals surface area contributed by atoms with Gasteiger partial charge < -0.3 is 14.5 Å². The number of ether oxygens (including phenoxy) is 1. The summed E-state index contributed by atoms with van der Waals surface area (Å²) in [4.78, 5) is 44.1. The Balaban J connectivity index is 1.41. The lowest BCUT2D eigenvalue weighted by molar-refractivity contribution is -0.136. The zero-order valence-corrected chi connectivity index (χ0v) is 24.1. The van der Waals surface area contributed by atoms with Crippen LogP contribution in [-0.4, -0.2) is 71.4 Å². The predicted molar refractivity (Wildman–Crippen MR) is 153 cm³/mol. The van der Waals surface area contributed by atoms with E-state index in [0.29, 0.717) is 30.2 Å². The molecule has 3 atom stereocenters. The standard InChI is InChI=1S/C30H32ClF2N5O4/c1-35-28(39)12-11-27(34-35)37-17-23(22-10-9-21(32)16-25(22)33)24(18-37)29(40)36-13-3-4-26(19-5-7-20(31)8-6-19)38(15-14-36)30(41)42-2/h5-12,16,23-24,26H,3-4,13-15,17-18H2,1-2H3. The Kier molecular flexibility index (Phi) is 8.77. The van der Waals surface area contributed by atoms with E-state index in [1.165, 1.54) is 37.0 Å². The molecule has 42 heavy (non-hydrogen) atoms. The molecule has 2 fully saturated rings. The van der Waals surface area contributed by atoms with E-state index in [0.717, 1.165) is 11.6 Å². The highest BCUT2D eigenvalue weighted by molar-refractivity contribution is 6.30. The molecule has 1 aromatic heterocycles. The lowest BCUT2D eigenvalue weighted by atomic mass is 9.87. The van der Waals surface area contributed by atoms with Gasteiger partial charge in [-0.1, -0.05) is 29.8 Å². The number of anilines is 1. The van der Waals surface area contributed by atoms with Gasteiger partial charge in [-0.05, 0) is 48.2 Å². The molecule has 3 unspecified atom stereocenters. The molecule has 2 saturated heterocycles. The summed E-state index contributed by atoms with van der Waals surface area (Å²) in [6.07, 6.45) is 0.708. The van der Waals surface area contributed by atoms with Crippen molar-refractivity contribution in [3.8, 4) is 0 Å². The number of aromatic nitrogens is 2. The van der Waals surface area contributed by atoms with Gasteiger partial charge in [0.1, 0.15) is 17.5 Å². The molecular weight excluding hydrogens is 568 g/mol. The minimum atomic E-state index is -0.719. The van der Waals surface area contributed by atoms with Gasteiger partial charge in [0.05, 0.1) is 19.1 Å². The Labute approximate surface area is 247 Å². The van der Waals surface area contributed by atoms with Crippen LogP contribution in [0.5, 0.6) is 0 Å². The summed E-state index contributed by atoms with van der Waals surface area (Å²) < 4.78 is 35.1. The Morgan fingerprint density at radius 3 is 2.45 bits per heavy atom. The topological polar surface area (TPSA) is 88.0 Å². The minimum Gasteiger partial charge on any atom is -0.453 e. The Morgan fingerprint density at radius 1 is 1.00 bits per heavy atom. The van der Waals surface area contributed by atoms with Crippen molar-refractivity contribution < 1.29 is 23.1 Å². The lowest BCUT2D eigenvalue weighted by Crippen LogP contribution is -2.47. The first-order valence-electron chi connectivity index (χ1n) is 13.8. The lowest BCUT2D eigenvalue weighted by Gasteiger charge is -2.37. The summed E-state index contributed by atoms with van der Waals surface area (Å²) in [5, 5.41) is 4.91. The summed E-state index contributed by atoms with van der Waals surface area (Å²) in [6.45, 7) is 1.43. The highest BCUT2D eigenvalue weighted by Crippen LogP contribution is 2.38. The number of hydrogen-bond donors (Lipinski definition) is 0. The normalized spacial score (nSPS) is 21.2. The zero-order chi connectivity index (χ0) is 30.0. The molecule has 0 radical (unpaired) electrons. The van der Waals surface area contributed by atoms with Crippen LogP contribution in [0.1, 0.15) is 35.9 Å². The van der Waals surface area contributed by atoms with Gasteiger partial charge in [-0.25, -0.2) is 18.3 Å². The average molecular weight is 600 g/mol. The van der Waals surface area contributed by atoms with E-state index >= 15 is 4.39 Å². The van der Waals surface area contributed by atoms with Crippen LogP contribution in [-0.2, 0) is 16.6 Å². The number of nitrogens with zero attached hydrogens (tertiary/aromatic N) is 5. The number of carbonyl (C=O) groups excluding carboxylic acids is 2. The van der Waals surface area contributed by atoms with E-state index in [4.69, 9.17) is 16.3 Å². The molecule has 12 heteroatoms. The van der Waals surface area contributed by atoms with Crippen molar-refractivity contribution in [2.24, 2.45) is 13.0 Å². The van der Waals surface area contributed by atoms with Gasteiger partial charge >= 0.3 is 6.09 Å². The van der Waals surface area contributed by atoms with E-state index < -0.39 is 29.6 Å². The number of halogens is 3. The fraction of sp³-hybridized carbons (Fsp3) is 0.400. The summed E-state index contributed by atoms with van der Waals surface area (Å²) in [5.74, 6) is -2.37. The molecule has 0 bridgehead atoms. The first-order chi connectivity index (χ1) is 20.2. The third-order valence-corrected chi connectivity index (χ3v) is 8.39. The fourth-order valence-electron chi connectivity index (χ4n) is 5.97. The van der Waals surface area contributed by atoms with Crippen LogP contribution in [0.15, 0.2) is 59.4 Å². The molecule has 2 aliphatic heterocycles. The molecule has 222 valence electrons. The largest absolute Gasteiger partial charge is 0.453 e. The maximum atomic E-state index is 15.0. The van der Waals surface area contributed by atoms with Crippen LogP contribution in [0, 0.1) is 17.6 Å². The second-order valence-corrected chi connectivity index (χ2v) is 11.1. The Bertz CT molecular complexity index is 1520. The predicted octanol–water partition coefficient (Wildman–Crippen LogP) is 4.36. The summed E-state index contributed by atoms with van der Waals surface area (Å²) in [7, 11) is 2.86. The maximum Gasteiger partial charge on any atom is 0.410 e. The highest BCUT2D eigenvalue weighted by atomic mass is 35.5. The van der Waals surface area contributed by atoms with Gasteiger partial charge in [0, 0.05) is 62.8 Å². The van der Waals surface area contributed by atoms with Crippen molar-refractivity contribution in [2.75, 3.05) is 44.7 Å². The van der Waals surface area contributed by atoms with Crippen molar-refractivity contribution >= 4 is 29.4 Å².